The van der Waals surface area contributed by atoms with Crippen LogP contribution < -0.4 is 0 Å². The Labute approximate surface area is 162 Å². The number of benzene rings is 2. The van der Waals surface area contributed by atoms with E-state index in [4.69, 9.17) is 9.53 Å². The summed E-state index contributed by atoms with van der Waals surface area (Å²) in [5.41, 5.74) is -1.98. The summed E-state index contributed by atoms with van der Waals surface area (Å²) < 4.78 is 62.3. The number of hydrogen-bond acceptors (Lipinski definition) is 2. The first kappa shape index (κ1) is 22.1. The molecule has 0 saturated carbocycles. The Hall–Kier alpha value is -2.19. The molecule has 0 spiro atoms. The first-order valence-electron chi connectivity index (χ1n) is 8.60. The number of rotatable bonds is 5. The summed E-state index contributed by atoms with van der Waals surface area (Å²) in [5, 5.41) is 8.77. The largest absolute Gasteiger partial charge is 0.477 e. The molecule has 0 fully saturated rings. The van der Waals surface area contributed by atoms with E-state index in [1.165, 1.54) is 12.1 Å². The fourth-order valence-electron chi connectivity index (χ4n) is 2.32. The van der Waals surface area contributed by atoms with Crippen LogP contribution in [0.4, 0.5) is 17.6 Å². The van der Waals surface area contributed by atoms with Gasteiger partial charge in [-0.05, 0) is 29.3 Å². The van der Waals surface area contributed by atoms with E-state index in [9.17, 15) is 22.4 Å². The minimum absolute atomic E-state index is 0.0140. The molecule has 2 aromatic carbocycles. The van der Waals surface area contributed by atoms with Crippen LogP contribution >= 0.6 is 0 Å². The van der Waals surface area contributed by atoms with Crippen LogP contribution in [-0.2, 0) is 11.0 Å². The highest BCUT2D eigenvalue weighted by Gasteiger charge is 2.37. The van der Waals surface area contributed by atoms with Crippen molar-refractivity contribution < 1.29 is 31.9 Å². The quantitative estimate of drug-likeness (QED) is 0.364. The van der Waals surface area contributed by atoms with Crippen molar-refractivity contribution in [1.82, 2.24) is 0 Å². The monoisotopic (exact) mass is 414 g/mol. The van der Waals surface area contributed by atoms with Crippen molar-refractivity contribution in [3.63, 3.8) is 0 Å². The van der Waals surface area contributed by atoms with E-state index < -0.39 is 48.7 Å². The lowest BCUT2D eigenvalue weighted by molar-refractivity contribution is 0.0683. The average molecular weight is 414 g/mol. The van der Waals surface area contributed by atoms with Gasteiger partial charge in [0, 0.05) is 0 Å². The molecule has 0 unspecified atom stereocenters. The van der Waals surface area contributed by atoms with Gasteiger partial charge in [0.15, 0.2) is 31.6 Å². The smallest absolute Gasteiger partial charge is 0.341 e. The topological polar surface area (TPSA) is 46.5 Å². The predicted octanol–water partition coefficient (Wildman–Crippen LogP) is 6.13. The first-order chi connectivity index (χ1) is 12.8. The van der Waals surface area contributed by atoms with Gasteiger partial charge in [-0.3, -0.25) is 0 Å². The molecule has 0 saturated heterocycles. The first-order valence-corrected chi connectivity index (χ1v) is 11.5. The number of aromatic carboxylic acids is 1. The van der Waals surface area contributed by atoms with E-state index in [0.717, 1.165) is 5.56 Å². The Morgan fingerprint density at radius 1 is 0.964 bits per heavy atom. The SMILES string of the molecule is CC(C)(C)[Si](C)(C)OCc1ccc(-c2c(F)c(F)c(C(=O)O)c(F)c2F)cc1. The van der Waals surface area contributed by atoms with Gasteiger partial charge in [0.05, 0.1) is 12.2 Å². The zero-order valence-corrected chi connectivity index (χ0v) is 17.3. The number of carbonyl (C=O) groups is 1. The van der Waals surface area contributed by atoms with Crippen LogP contribution in [-0.4, -0.2) is 19.4 Å². The summed E-state index contributed by atoms with van der Waals surface area (Å²) in [5.74, 6) is -9.46. The maximum Gasteiger partial charge on any atom is 0.341 e. The molecule has 0 radical (unpaired) electrons. The summed E-state index contributed by atoms with van der Waals surface area (Å²) in [6.07, 6.45) is 0. The zero-order valence-electron chi connectivity index (χ0n) is 16.3. The van der Waals surface area contributed by atoms with Crippen molar-refractivity contribution in [3.8, 4) is 11.1 Å². The standard InChI is InChI=1S/C20H22F4O3Si/c1-20(2,3)28(4,5)27-10-11-6-8-12(9-7-11)13-15(21)17(23)14(19(25)26)18(24)16(13)22/h6-9H,10H2,1-5H3,(H,25,26). The molecule has 0 aliphatic heterocycles. The summed E-state index contributed by atoms with van der Waals surface area (Å²) >= 11 is 0. The normalized spacial score (nSPS) is 12.3. The number of carboxylic acid groups (broad SMARTS) is 1. The molecule has 0 amide bonds. The lowest BCUT2D eigenvalue weighted by atomic mass is 10.00. The average Bonchev–Trinajstić information content (AvgIpc) is 2.58. The van der Waals surface area contributed by atoms with Gasteiger partial charge in [-0.1, -0.05) is 45.0 Å². The lowest BCUT2D eigenvalue weighted by Crippen LogP contribution is -2.40. The van der Waals surface area contributed by atoms with Gasteiger partial charge in [0.2, 0.25) is 0 Å². The molecule has 0 aliphatic carbocycles. The maximum absolute atomic E-state index is 14.2. The van der Waals surface area contributed by atoms with Gasteiger partial charge in [0.25, 0.3) is 0 Å². The Balaban J connectivity index is 2.36. The van der Waals surface area contributed by atoms with Crippen molar-refractivity contribution in [2.45, 2.75) is 45.5 Å². The third kappa shape index (κ3) is 4.12. The molecule has 152 valence electrons. The second-order valence-electron chi connectivity index (χ2n) is 8.06. The van der Waals surface area contributed by atoms with Crippen molar-refractivity contribution >= 4 is 14.3 Å². The van der Waals surface area contributed by atoms with Crippen LogP contribution in [0.3, 0.4) is 0 Å². The van der Waals surface area contributed by atoms with Gasteiger partial charge in [-0.2, -0.15) is 0 Å². The molecule has 0 bridgehead atoms. The van der Waals surface area contributed by atoms with E-state index in [1.807, 2.05) is 0 Å². The highest BCUT2D eigenvalue weighted by Crippen LogP contribution is 2.37. The van der Waals surface area contributed by atoms with Gasteiger partial charge in [-0.25, -0.2) is 22.4 Å². The molecule has 0 aromatic heterocycles. The Kier molecular flexibility index (Phi) is 6.06. The highest BCUT2D eigenvalue weighted by molar-refractivity contribution is 6.74. The molecule has 28 heavy (non-hydrogen) atoms. The van der Waals surface area contributed by atoms with Crippen molar-refractivity contribution in [2.75, 3.05) is 0 Å². The Bertz CT molecular complexity index is 874. The van der Waals surface area contributed by atoms with Crippen LogP contribution in [0, 0.1) is 23.3 Å². The molecule has 0 aliphatic rings. The van der Waals surface area contributed by atoms with E-state index in [1.54, 1.807) is 12.1 Å². The number of hydrogen-bond donors (Lipinski definition) is 1. The maximum atomic E-state index is 14.2. The zero-order chi connectivity index (χ0) is 21.4. The minimum Gasteiger partial charge on any atom is -0.477 e. The molecular weight excluding hydrogens is 392 g/mol. The third-order valence-corrected chi connectivity index (χ3v) is 9.60. The molecule has 2 rings (SSSR count). The van der Waals surface area contributed by atoms with E-state index in [-0.39, 0.29) is 10.6 Å². The van der Waals surface area contributed by atoms with Crippen LogP contribution in [0.5, 0.6) is 0 Å². The van der Waals surface area contributed by atoms with Crippen LogP contribution in [0.1, 0.15) is 36.7 Å². The lowest BCUT2D eigenvalue weighted by Gasteiger charge is -2.36. The fourth-order valence-corrected chi connectivity index (χ4v) is 3.28. The molecule has 2 aromatic rings. The summed E-state index contributed by atoms with van der Waals surface area (Å²) in [6, 6.07) is 5.71. The predicted molar refractivity (Wildman–Crippen MR) is 101 cm³/mol. The van der Waals surface area contributed by atoms with E-state index >= 15 is 0 Å². The summed E-state index contributed by atoms with van der Waals surface area (Å²) in [6.45, 7) is 10.7. The summed E-state index contributed by atoms with van der Waals surface area (Å²) in [4.78, 5) is 10.8. The second-order valence-corrected chi connectivity index (χ2v) is 12.9. The molecular formula is C20H22F4O3Si. The molecule has 8 heteroatoms. The van der Waals surface area contributed by atoms with Crippen molar-refractivity contribution in [2.24, 2.45) is 0 Å². The number of halogens is 4. The molecule has 3 nitrogen and oxygen atoms in total. The highest BCUT2D eigenvalue weighted by atomic mass is 28.4. The van der Waals surface area contributed by atoms with Crippen LogP contribution in [0.2, 0.25) is 18.1 Å². The molecule has 0 heterocycles. The van der Waals surface area contributed by atoms with Gasteiger partial charge in [0.1, 0.15) is 5.56 Å². The third-order valence-electron chi connectivity index (χ3n) is 5.13. The van der Waals surface area contributed by atoms with E-state index in [2.05, 4.69) is 33.9 Å². The fraction of sp³-hybridized carbons (Fsp3) is 0.350. The van der Waals surface area contributed by atoms with Gasteiger partial charge >= 0.3 is 5.97 Å². The minimum atomic E-state index is -2.09. The van der Waals surface area contributed by atoms with Gasteiger partial charge in [-0.15, -0.1) is 0 Å². The summed E-state index contributed by atoms with van der Waals surface area (Å²) in [7, 11) is -1.99. The van der Waals surface area contributed by atoms with Crippen molar-refractivity contribution in [1.29, 1.82) is 0 Å². The molecule has 1 N–H and O–H groups in total. The Morgan fingerprint density at radius 2 is 1.43 bits per heavy atom. The second kappa shape index (κ2) is 7.67. The Morgan fingerprint density at radius 3 is 1.82 bits per heavy atom. The van der Waals surface area contributed by atoms with E-state index in [0.29, 0.717) is 6.61 Å². The van der Waals surface area contributed by atoms with Crippen LogP contribution in [0.15, 0.2) is 24.3 Å². The number of carboxylic acids is 1. The van der Waals surface area contributed by atoms with Crippen molar-refractivity contribution in [3.05, 3.63) is 58.7 Å². The van der Waals surface area contributed by atoms with Crippen LogP contribution in [0.25, 0.3) is 11.1 Å². The van der Waals surface area contributed by atoms with Gasteiger partial charge < -0.3 is 9.53 Å². The molecule has 0 atom stereocenters.